The van der Waals surface area contributed by atoms with E-state index >= 15 is 0 Å². The molecule has 0 saturated carbocycles. The highest BCUT2D eigenvalue weighted by Gasteiger charge is 2.28. The summed E-state index contributed by atoms with van der Waals surface area (Å²) in [5, 5.41) is 8.58. The fourth-order valence-electron chi connectivity index (χ4n) is 2.98. The van der Waals surface area contributed by atoms with E-state index in [1.807, 2.05) is 11.7 Å². The predicted molar refractivity (Wildman–Crippen MR) is 83.2 cm³/mol. The molecule has 0 aliphatic carbocycles. The van der Waals surface area contributed by atoms with Crippen LogP contribution in [0.1, 0.15) is 25.1 Å². The third kappa shape index (κ3) is 3.52. The van der Waals surface area contributed by atoms with Crippen LogP contribution in [0, 0.1) is 0 Å². The highest BCUT2D eigenvalue weighted by atomic mass is 35.5. The smallest absolute Gasteiger partial charge is 0.0834 e. The largest absolute Gasteiger partial charge is 0.309 e. The molecule has 6 heteroatoms. The third-order valence-corrected chi connectivity index (χ3v) is 4.50. The Morgan fingerprint density at radius 1 is 1.40 bits per heavy atom. The number of aryl methyl sites for hydroxylation is 1. The molecule has 2 unspecified atom stereocenters. The van der Waals surface area contributed by atoms with Gasteiger partial charge in [0.1, 0.15) is 0 Å². The van der Waals surface area contributed by atoms with E-state index in [0.29, 0.717) is 6.04 Å². The van der Waals surface area contributed by atoms with E-state index in [2.05, 4.69) is 41.2 Å². The number of halogens is 1. The van der Waals surface area contributed by atoms with Crippen molar-refractivity contribution in [3.63, 3.8) is 0 Å². The molecule has 1 aliphatic heterocycles. The number of nitrogens with zero attached hydrogens (tertiary/aromatic N) is 4. The summed E-state index contributed by atoms with van der Waals surface area (Å²) >= 11 is 6.31. The van der Waals surface area contributed by atoms with E-state index < -0.39 is 0 Å². The van der Waals surface area contributed by atoms with Crippen molar-refractivity contribution in [2.45, 2.75) is 25.4 Å². The molecule has 1 aromatic rings. The first-order valence-corrected chi connectivity index (χ1v) is 7.70. The summed E-state index contributed by atoms with van der Waals surface area (Å²) in [5.41, 5.74) is 1.09. The second kappa shape index (κ2) is 6.89. The SMILES string of the molecule is CCNC(CC1CN(C)CCN1C)c1c(Cl)cnn1C. The molecule has 1 N–H and O–H groups in total. The minimum Gasteiger partial charge on any atom is -0.309 e. The minimum atomic E-state index is 0.249. The summed E-state index contributed by atoms with van der Waals surface area (Å²) < 4.78 is 1.89. The highest BCUT2D eigenvalue weighted by Crippen LogP contribution is 2.27. The molecule has 0 aromatic carbocycles. The van der Waals surface area contributed by atoms with Crippen LogP contribution in [-0.2, 0) is 7.05 Å². The normalized spacial score (nSPS) is 23.1. The van der Waals surface area contributed by atoms with Crippen molar-refractivity contribution in [1.29, 1.82) is 0 Å². The lowest BCUT2D eigenvalue weighted by atomic mass is 10.0. The topological polar surface area (TPSA) is 36.3 Å². The van der Waals surface area contributed by atoms with E-state index in [9.17, 15) is 0 Å². The van der Waals surface area contributed by atoms with Crippen LogP contribution >= 0.6 is 11.6 Å². The van der Waals surface area contributed by atoms with Gasteiger partial charge in [-0.25, -0.2) is 0 Å². The monoisotopic (exact) mass is 299 g/mol. The van der Waals surface area contributed by atoms with Gasteiger partial charge in [-0.15, -0.1) is 0 Å². The summed E-state index contributed by atoms with van der Waals surface area (Å²) in [6.45, 7) is 6.44. The molecule has 0 bridgehead atoms. The summed E-state index contributed by atoms with van der Waals surface area (Å²) in [4.78, 5) is 4.85. The predicted octanol–water partition coefficient (Wildman–Crippen LogP) is 1.36. The summed E-state index contributed by atoms with van der Waals surface area (Å²) in [5.74, 6) is 0. The van der Waals surface area contributed by atoms with Crippen LogP contribution in [0.5, 0.6) is 0 Å². The molecule has 2 atom stereocenters. The summed E-state index contributed by atoms with van der Waals surface area (Å²) in [6.07, 6.45) is 2.78. The quantitative estimate of drug-likeness (QED) is 0.891. The van der Waals surface area contributed by atoms with Crippen LogP contribution in [-0.4, -0.2) is 65.9 Å². The lowest BCUT2D eigenvalue weighted by Gasteiger charge is -2.39. The maximum atomic E-state index is 6.31. The van der Waals surface area contributed by atoms with Gasteiger partial charge in [-0.2, -0.15) is 5.10 Å². The Morgan fingerprint density at radius 3 is 2.75 bits per heavy atom. The maximum absolute atomic E-state index is 6.31. The standard InChI is InChI=1S/C14H26ClN5/c1-5-16-13(14-12(15)9-17-20(14)4)8-11-10-18(2)6-7-19(11)3/h9,11,13,16H,5-8,10H2,1-4H3. The second-order valence-corrected chi connectivity index (χ2v) is 6.15. The van der Waals surface area contributed by atoms with Crippen LogP contribution in [0.2, 0.25) is 5.02 Å². The van der Waals surface area contributed by atoms with E-state index in [-0.39, 0.29) is 6.04 Å². The Bertz CT molecular complexity index is 414. The first-order chi connectivity index (χ1) is 9.52. The van der Waals surface area contributed by atoms with Gasteiger partial charge in [0.25, 0.3) is 0 Å². The molecule has 2 heterocycles. The van der Waals surface area contributed by atoms with Crippen LogP contribution in [0.15, 0.2) is 6.20 Å². The van der Waals surface area contributed by atoms with Crippen molar-refractivity contribution in [3.8, 4) is 0 Å². The van der Waals surface area contributed by atoms with Gasteiger partial charge in [0, 0.05) is 32.7 Å². The fraction of sp³-hybridized carbons (Fsp3) is 0.786. The van der Waals surface area contributed by atoms with Crippen molar-refractivity contribution in [3.05, 3.63) is 16.9 Å². The molecule has 0 radical (unpaired) electrons. The van der Waals surface area contributed by atoms with Crippen molar-refractivity contribution >= 4 is 11.6 Å². The molecule has 2 rings (SSSR count). The Balaban J connectivity index is 2.13. The number of piperazine rings is 1. The number of rotatable bonds is 5. The first-order valence-electron chi connectivity index (χ1n) is 7.32. The zero-order valence-electron chi connectivity index (χ0n) is 12.9. The Kier molecular flexibility index (Phi) is 5.43. The van der Waals surface area contributed by atoms with E-state index in [1.54, 1.807) is 6.20 Å². The Labute approximate surface area is 126 Å². The second-order valence-electron chi connectivity index (χ2n) is 5.74. The van der Waals surface area contributed by atoms with Gasteiger partial charge >= 0.3 is 0 Å². The minimum absolute atomic E-state index is 0.249. The zero-order chi connectivity index (χ0) is 14.7. The molecule has 0 spiro atoms. The molecule has 114 valence electrons. The van der Waals surface area contributed by atoms with Crippen LogP contribution in [0.3, 0.4) is 0 Å². The van der Waals surface area contributed by atoms with Gasteiger partial charge in [0.05, 0.1) is 23.0 Å². The molecular weight excluding hydrogens is 274 g/mol. The number of likely N-dealkylation sites (N-methyl/N-ethyl adjacent to an activating group) is 2. The molecule has 1 aliphatic rings. The van der Waals surface area contributed by atoms with Crippen molar-refractivity contribution in [2.24, 2.45) is 7.05 Å². The van der Waals surface area contributed by atoms with Crippen LogP contribution in [0.4, 0.5) is 0 Å². The Morgan fingerprint density at radius 2 is 2.15 bits per heavy atom. The van der Waals surface area contributed by atoms with E-state index in [0.717, 1.165) is 43.3 Å². The molecule has 1 saturated heterocycles. The number of hydrogen-bond acceptors (Lipinski definition) is 4. The summed E-state index contributed by atoms with van der Waals surface area (Å²) in [7, 11) is 6.37. The molecule has 0 amide bonds. The van der Waals surface area contributed by atoms with Gasteiger partial charge in [0.15, 0.2) is 0 Å². The van der Waals surface area contributed by atoms with Crippen molar-refractivity contribution in [2.75, 3.05) is 40.3 Å². The zero-order valence-corrected chi connectivity index (χ0v) is 13.7. The molecule has 1 fully saturated rings. The molecule has 5 nitrogen and oxygen atoms in total. The van der Waals surface area contributed by atoms with Gasteiger partial charge in [-0.3, -0.25) is 4.68 Å². The van der Waals surface area contributed by atoms with Crippen molar-refractivity contribution in [1.82, 2.24) is 24.9 Å². The highest BCUT2D eigenvalue weighted by molar-refractivity contribution is 6.31. The average Bonchev–Trinajstić information content (AvgIpc) is 2.73. The first kappa shape index (κ1) is 15.8. The van der Waals surface area contributed by atoms with Gasteiger partial charge < -0.3 is 15.1 Å². The Hall–Kier alpha value is -0.620. The number of nitrogens with one attached hydrogen (secondary N) is 1. The molecular formula is C14H26ClN5. The van der Waals surface area contributed by atoms with Crippen molar-refractivity contribution < 1.29 is 0 Å². The lowest BCUT2D eigenvalue weighted by molar-refractivity contribution is 0.100. The number of aromatic nitrogens is 2. The molecule has 20 heavy (non-hydrogen) atoms. The average molecular weight is 300 g/mol. The molecule has 1 aromatic heterocycles. The lowest BCUT2D eigenvalue weighted by Crippen LogP contribution is -2.51. The third-order valence-electron chi connectivity index (χ3n) is 4.21. The van der Waals surface area contributed by atoms with Gasteiger partial charge in [0.2, 0.25) is 0 Å². The van der Waals surface area contributed by atoms with Gasteiger partial charge in [-0.05, 0) is 27.1 Å². The van der Waals surface area contributed by atoms with Gasteiger partial charge in [-0.1, -0.05) is 18.5 Å². The fourth-order valence-corrected chi connectivity index (χ4v) is 3.28. The van der Waals surface area contributed by atoms with Crippen LogP contribution < -0.4 is 5.32 Å². The number of hydrogen-bond donors (Lipinski definition) is 1. The van der Waals surface area contributed by atoms with Crippen LogP contribution in [0.25, 0.3) is 0 Å². The summed E-state index contributed by atoms with van der Waals surface area (Å²) in [6, 6.07) is 0.794. The maximum Gasteiger partial charge on any atom is 0.0834 e. The van der Waals surface area contributed by atoms with E-state index in [1.165, 1.54) is 0 Å². The van der Waals surface area contributed by atoms with E-state index in [4.69, 9.17) is 11.6 Å².